The fourth-order valence-corrected chi connectivity index (χ4v) is 2.77. The van der Waals surface area contributed by atoms with Crippen molar-refractivity contribution in [2.45, 2.75) is 58.8 Å². The van der Waals surface area contributed by atoms with Gasteiger partial charge in [0.25, 0.3) is 0 Å². The van der Waals surface area contributed by atoms with E-state index in [1.54, 1.807) is 0 Å². The molecule has 3 atom stereocenters. The Morgan fingerprint density at radius 3 is 2.36 bits per heavy atom. The SMILES string of the molecule is CCC(C)CC1CCCCCC1CN. The molecular formula is C13H27N. The fraction of sp³-hybridized carbons (Fsp3) is 1.00. The normalized spacial score (nSPS) is 31.1. The second-order valence-corrected chi connectivity index (χ2v) is 5.14. The third-order valence-corrected chi connectivity index (χ3v) is 4.02. The Morgan fingerprint density at radius 1 is 1.14 bits per heavy atom. The Bertz CT molecular complexity index is 144. The van der Waals surface area contributed by atoms with Crippen molar-refractivity contribution in [3.05, 3.63) is 0 Å². The van der Waals surface area contributed by atoms with Crippen LogP contribution in [-0.2, 0) is 0 Å². The molecule has 84 valence electrons. The molecule has 0 aromatic rings. The molecule has 1 fully saturated rings. The van der Waals surface area contributed by atoms with Gasteiger partial charge < -0.3 is 5.73 Å². The molecule has 1 aliphatic rings. The van der Waals surface area contributed by atoms with E-state index < -0.39 is 0 Å². The number of hydrogen-bond acceptors (Lipinski definition) is 1. The smallest absolute Gasteiger partial charge is 0.00462 e. The Balaban J connectivity index is 2.43. The van der Waals surface area contributed by atoms with Crippen LogP contribution in [0.2, 0.25) is 0 Å². The van der Waals surface area contributed by atoms with E-state index in [-0.39, 0.29) is 0 Å². The van der Waals surface area contributed by atoms with Crippen LogP contribution in [0.1, 0.15) is 58.8 Å². The van der Waals surface area contributed by atoms with Gasteiger partial charge in [0, 0.05) is 0 Å². The maximum absolute atomic E-state index is 5.88. The van der Waals surface area contributed by atoms with E-state index in [4.69, 9.17) is 5.73 Å². The lowest BCUT2D eigenvalue weighted by molar-refractivity contribution is 0.261. The first-order valence-electron chi connectivity index (χ1n) is 6.48. The van der Waals surface area contributed by atoms with E-state index in [1.165, 1.54) is 44.9 Å². The van der Waals surface area contributed by atoms with E-state index in [9.17, 15) is 0 Å². The molecule has 1 aliphatic carbocycles. The van der Waals surface area contributed by atoms with Gasteiger partial charge in [0.05, 0.1) is 0 Å². The molecule has 0 aromatic carbocycles. The maximum Gasteiger partial charge on any atom is -0.00462 e. The third-order valence-electron chi connectivity index (χ3n) is 4.02. The lowest BCUT2D eigenvalue weighted by Gasteiger charge is -2.26. The van der Waals surface area contributed by atoms with Crippen molar-refractivity contribution in [2.75, 3.05) is 6.54 Å². The first-order chi connectivity index (χ1) is 6.77. The lowest BCUT2D eigenvalue weighted by atomic mass is 9.81. The van der Waals surface area contributed by atoms with Gasteiger partial charge >= 0.3 is 0 Å². The van der Waals surface area contributed by atoms with E-state index in [2.05, 4.69) is 13.8 Å². The van der Waals surface area contributed by atoms with Crippen LogP contribution in [-0.4, -0.2) is 6.54 Å². The fourth-order valence-electron chi connectivity index (χ4n) is 2.77. The Morgan fingerprint density at radius 2 is 1.79 bits per heavy atom. The summed E-state index contributed by atoms with van der Waals surface area (Å²) in [5.74, 6) is 2.65. The van der Waals surface area contributed by atoms with Gasteiger partial charge in [-0.05, 0) is 37.1 Å². The molecule has 0 amide bonds. The summed E-state index contributed by atoms with van der Waals surface area (Å²) >= 11 is 0. The summed E-state index contributed by atoms with van der Waals surface area (Å²) in [5.41, 5.74) is 5.88. The van der Waals surface area contributed by atoms with Crippen molar-refractivity contribution in [2.24, 2.45) is 23.5 Å². The van der Waals surface area contributed by atoms with Gasteiger partial charge in [-0.3, -0.25) is 0 Å². The van der Waals surface area contributed by atoms with Gasteiger partial charge in [0.2, 0.25) is 0 Å². The van der Waals surface area contributed by atoms with Crippen molar-refractivity contribution >= 4 is 0 Å². The summed E-state index contributed by atoms with van der Waals surface area (Å²) in [4.78, 5) is 0. The standard InChI is InChI=1S/C13H27N/c1-3-11(2)9-12-7-5-4-6-8-13(12)10-14/h11-13H,3-10,14H2,1-2H3. The zero-order valence-corrected chi connectivity index (χ0v) is 9.97. The molecule has 1 nitrogen and oxygen atoms in total. The van der Waals surface area contributed by atoms with Gasteiger partial charge in [-0.2, -0.15) is 0 Å². The minimum atomic E-state index is 0.825. The molecule has 1 heteroatoms. The van der Waals surface area contributed by atoms with E-state index >= 15 is 0 Å². The molecule has 14 heavy (non-hydrogen) atoms. The van der Waals surface area contributed by atoms with Gasteiger partial charge in [-0.15, -0.1) is 0 Å². The highest BCUT2D eigenvalue weighted by molar-refractivity contribution is 4.76. The van der Waals surface area contributed by atoms with Gasteiger partial charge in [-0.25, -0.2) is 0 Å². The van der Waals surface area contributed by atoms with Crippen molar-refractivity contribution < 1.29 is 0 Å². The zero-order valence-electron chi connectivity index (χ0n) is 9.97. The van der Waals surface area contributed by atoms with Crippen LogP contribution in [0.25, 0.3) is 0 Å². The van der Waals surface area contributed by atoms with Crippen LogP contribution in [0.3, 0.4) is 0 Å². The maximum atomic E-state index is 5.88. The first kappa shape index (κ1) is 12.0. The molecular weight excluding hydrogens is 170 g/mol. The minimum absolute atomic E-state index is 0.825. The quantitative estimate of drug-likeness (QED) is 0.685. The molecule has 0 bridgehead atoms. The van der Waals surface area contributed by atoms with Gasteiger partial charge in [0.1, 0.15) is 0 Å². The second kappa shape index (κ2) is 6.44. The summed E-state index contributed by atoms with van der Waals surface area (Å²) in [6.45, 7) is 5.61. The van der Waals surface area contributed by atoms with Crippen LogP contribution in [0.15, 0.2) is 0 Å². The van der Waals surface area contributed by atoms with Crippen LogP contribution in [0, 0.1) is 17.8 Å². The van der Waals surface area contributed by atoms with Crippen LogP contribution in [0.4, 0.5) is 0 Å². The summed E-state index contributed by atoms with van der Waals surface area (Å²) in [5, 5.41) is 0. The van der Waals surface area contributed by atoms with E-state index in [0.29, 0.717) is 0 Å². The Hall–Kier alpha value is -0.0400. The molecule has 1 saturated carbocycles. The average molecular weight is 197 g/mol. The monoisotopic (exact) mass is 197 g/mol. The van der Waals surface area contributed by atoms with E-state index in [1.807, 2.05) is 0 Å². The van der Waals surface area contributed by atoms with Crippen molar-refractivity contribution in [3.8, 4) is 0 Å². The van der Waals surface area contributed by atoms with Crippen LogP contribution in [0.5, 0.6) is 0 Å². The number of nitrogens with two attached hydrogens (primary N) is 1. The first-order valence-corrected chi connectivity index (χ1v) is 6.48. The molecule has 0 heterocycles. The summed E-state index contributed by atoms with van der Waals surface area (Å²) < 4.78 is 0. The largest absolute Gasteiger partial charge is 0.330 e. The van der Waals surface area contributed by atoms with Gasteiger partial charge in [-0.1, -0.05) is 46.0 Å². The molecule has 0 spiro atoms. The molecule has 0 saturated heterocycles. The van der Waals surface area contributed by atoms with Crippen LogP contribution < -0.4 is 5.73 Å². The zero-order chi connectivity index (χ0) is 10.4. The van der Waals surface area contributed by atoms with Crippen molar-refractivity contribution in [1.82, 2.24) is 0 Å². The highest BCUT2D eigenvalue weighted by Crippen LogP contribution is 2.33. The van der Waals surface area contributed by atoms with E-state index in [0.717, 1.165) is 24.3 Å². The molecule has 1 rings (SSSR count). The van der Waals surface area contributed by atoms with Crippen molar-refractivity contribution in [1.29, 1.82) is 0 Å². The predicted octanol–water partition coefficient (Wildman–Crippen LogP) is 3.58. The molecule has 3 unspecified atom stereocenters. The summed E-state index contributed by atoms with van der Waals surface area (Å²) in [6.07, 6.45) is 9.86. The summed E-state index contributed by atoms with van der Waals surface area (Å²) in [7, 11) is 0. The molecule has 0 radical (unpaired) electrons. The number of rotatable bonds is 4. The third kappa shape index (κ3) is 3.61. The molecule has 0 aromatic heterocycles. The summed E-state index contributed by atoms with van der Waals surface area (Å²) in [6, 6.07) is 0. The van der Waals surface area contributed by atoms with Gasteiger partial charge in [0.15, 0.2) is 0 Å². The average Bonchev–Trinajstić information content (AvgIpc) is 2.42. The second-order valence-electron chi connectivity index (χ2n) is 5.14. The Kier molecular flexibility index (Phi) is 5.54. The highest BCUT2D eigenvalue weighted by Gasteiger charge is 2.23. The minimum Gasteiger partial charge on any atom is -0.330 e. The lowest BCUT2D eigenvalue weighted by Crippen LogP contribution is -2.24. The topological polar surface area (TPSA) is 26.0 Å². The molecule has 2 N–H and O–H groups in total. The van der Waals surface area contributed by atoms with Crippen LogP contribution >= 0.6 is 0 Å². The predicted molar refractivity (Wildman–Crippen MR) is 63.2 cm³/mol. The number of hydrogen-bond donors (Lipinski definition) is 1. The van der Waals surface area contributed by atoms with Crippen molar-refractivity contribution in [3.63, 3.8) is 0 Å². The highest BCUT2D eigenvalue weighted by atomic mass is 14.6. The molecule has 0 aliphatic heterocycles. The Labute approximate surface area is 89.5 Å².